The SMILES string of the molecule is Cc1cc(C(Br)c2ccc(Cl)cc2)cc(C)c1F. The molecule has 0 aliphatic carbocycles. The maximum absolute atomic E-state index is 13.6. The Kier molecular flexibility index (Phi) is 4.08. The van der Waals surface area contributed by atoms with Crippen molar-refractivity contribution in [3.63, 3.8) is 0 Å². The Balaban J connectivity index is 2.39. The van der Waals surface area contributed by atoms with E-state index in [0.717, 1.165) is 11.1 Å². The zero-order valence-electron chi connectivity index (χ0n) is 10.2. The van der Waals surface area contributed by atoms with Crippen LogP contribution in [0.1, 0.15) is 27.1 Å². The topological polar surface area (TPSA) is 0 Å². The predicted molar refractivity (Wildman–Crippen MR) is 78.1 cm³/mol. The van der Waals surface area contributed by atoms with Gasteiger partial charge in [0, 0.05) is 5.02 Å². The molecular formula is C15H13BrClF. The summed E-state index contributed by atoms with van der Waals surface area (Å²) in [5.41, 5.74) is 3.49. The number of hydrogen-bond donors (Lipinski definition) is 0. The van der Waals surface area contributed by atoms with Crippen LogP contribution in [0, 0.1) is 19.7 Å². The molecule has 0 aromatic heterocycles. The Bertz CT molecular complexity index is 540. The third-order valence-corrected chi connectivity index (χ3v) is 4.22. The van der Waals surface area contributed by atoms with Gasteiger partial charge in [0.05, 0.1) is 4.83 Å². The Morgan fingerprint density at radius 1 is 1.00 bits per heavy atom. The first-order chi connectivity index (χ1) is 8.49. The van der Waals surface area contributed by atoms with Crippen LogP contribution in [0.15, 0.2) is 36.4 Å². The molecule has 0 heterocycles. The van der Waals surface area contributed by atoms with Gasteiger partial charge in [-0.3, -0.25) is 0 Å². The largest absolute Gasteiger partial charge is 0.206 e. The van der Waals surface area contributed by atoms with Crippen LogP contribution in [0.2, 0.25) is 5.02 Å². The second-order valence-electron chi connectivity index (χ2n) is 4.38. The fourth-order valence-corrected chi connectivity index (χ4v) is 2.65. The molecule has 0 amide bonds. The Labute approximate surface area is 120 Å². The normalized spacial score (nSPS) is 12.5. The molecular weight excluding hydrogens is 315 g/mol. The van der Waals surface area contributed by atoms with Gasteiger partial charge in [-0.1, -0.05) is 51.8 Å². The molecule has 0 radical (unpaired) electrons. The van der Waals surface area contributed by atoms with Gasteiger partial charge in [-0.25, -0.2) is 4.39 Å². The highest BCUT2D eigenvalue weighted by Crippen LogP contribution is 2.33. The molecule has 0 fully saturated rings. The summed E-state index contributed by atoms with van der Waals surface area (Å²) >= 11 is 9.51. The van der Waals surface area contributed by atoms with Crippen molar-refractivity contribution < 1.29 is 4.39 Å². The van der Waals surface area contributed by atoms with Crippen LogP contribution in [-0.2, 0) is 0 Å². The first-order valence-corrected chi connectivity index (χ1v) is 6.94. The zero-order chi connectivity index (χ0) is 13.3. The fourth-order valence-electron chi connectivity index (χ4n) is 1.95. The third-order valence-electron chi connectivity index (χ3n) is 2.91. The molecule has 2 aromatic rings. The van der Waals surface area contributed by atoms with E-state index in [0.29, 0.717) is 16.1 Å². The number of hydrogen-bond acceptors (Lipinski definition) is 0. The summed E-state index contributed by atoms with van der Waals surface area (Å²) in [4.78, 5) is 0.0489. The van der Waals surface area contributed by atoms with Crippen LogP contribution in [0.5, 0.6) is 0 Å². The lowest BCUT2D eigenvalue weighted by atomic mass is 10.00. The molecule has 0 saturated heterocycles. The number of rotatable bonds is 2. The second kappa shape index (κ2) is 5.41. The van der Waals surface area contributed by atoms with Gasteiger partial charge >= 0.3 is 0 Å². The average Bonchev–Trinajstić information content (AvgIpc) is 2.35. The summed E-state index contributed by atoms with van der Waals surface area (Å²) in [5.74, 6) is -0.130. The third kappa shape index (κ3) is 2.76. The smallest absolute Gasteiger partial charge is 0.129 e. The van der Waals surface area contributed by atoms with Crippen molar-refractivity contribution in [2.75, 3.05) is 0 Å². The minimum atomic E-state index is -0.130. The lowest BCUT2D eigenvalue weighted by molar-refractivity contribution is 0.608. The van der Waals surface area contributed by atoms with Crippen molar-refractivity contribution in [1.82, 2.24) is 0 Å². The van der Waals surface area contributed by atoms with Gasteiger partial charge in [-0.05, 0) is 48.2 Å². The Morgan fingerprint density at radius 2 is 1.50 bits per heavy atom. The molecule has 2 rings (SSSR count). The minimum absolute atomic E-state index is 0.0489. The quantitative estimate of drug-likeness (QED) is 0.632. The fraction of sp³-hybridized carbons (Fsp3) is 0.200. The summed E-state index contributed by atoms with van der Waals surface area (Å²) < 4.78 is 13.6. The molecule has 0 saturated carbocycles. The van der Waals surface area contributed by atoms with Crippen molar-refractivity contribution in [3.05, 3.63) is 69.5 Å². The molecule has 0 bridgehead atoms. The van der Waals surface area contributed by atoms with Crippen LogP contribution >= 0.6 is 27.5 Å². The van der Waals surface area contributed by atoms with Crippen LogP contribution in [0.25, 0.3) is 0 Å². The molecule has 0 aliphatic heterocycles. The van der Waals surface area contributed by atoms with Gasteiger partial charge in [0.25, 0.3) is 0 Å². The number of benzene rings is 2. The molecule has 0 nitrogen and oxygen atoms in total. The van der Waals surface area contributed by atoms with Gasteiger partial charge in [-0.2, -0.15) is 0 Å². The summed E-state index contributed by atoms with van der Waals surface area (Å²) in [6.45, 7) is 3.57. The number of alkyl halides is 1. The van der Waals surface area contributed by atoms with Crippen LogP contribution in [0.4, 0.5) is 4.39 Å². The lowest BCUT2D eigenvalue weighted by Crippen LogP contribution is -1.97. The molecule has 0 spiro atoms. The molecule has 3 heteroatoms. The highest BCUT2D eigenvalue weighted by molar-refractivity contribution is 9.09. The molecule has 2 aromatic carbocycles. The van der Waals surface area contributed by atoms with E-state index in [-0.39, 0.29) is 10.6 Å². The summed E-state index contributed by atoms with van der Waals surface area (Å²) in [6, 6.07) is 11.4. The monoisotopic (exact) mass is 326 g/mol. The standard InChI is InChI=1S/C15H13BrClF/c1-9-7-12(8-10(2)15(9)18)14(16)11-3-5-13(17)6-4-11/h3-8,14H,1-2H3. The number of aryl methyl sites for hydroxylation is 2. The number of halogens is 3. The van der Waals surface area contributed by atoms with Crippen molar-refractivity contribution >= 4 is 27.5 Å². The summed E-state index contributed by atoms with van der Waals surface area (Å²) in [6.07, 6.45) is 0. The highest BCUT2D eigenvalue weighted by Gasteiger charge is 2.13. The predicted octanol–water partition coefficient (Wildman–Crippen LogP) is 5.58. The van der Waals surface area contributed by atoms with E-state index in [2.05, 4.69) is 15.9 Å². The first kappa shape index (κ1) is 13.6. The molecule has 1 atom stereocenters. The molecule has 0 N–H and O–H groups in total. The summed E-state index contributed by atoms with van der Waals surface area (Å²) in [5, 5.41) is 0.713. The van der Waals surface area contributed by atoms with Gasteiger partial charge in [0.1, 0.15) is 5.82 Å². The van der Waals surface area contributed by atoms with Crippen molar-refractivity contribution in [2.45, 2.75) is 18.7 Å². The zero-order valence-corrected chi connectivity index (χ0v) is 12.5. The second-order valence-corrected chi connectivity index (χ2v) is 5.73. The molecule has 18 heavy (non-hydrogen) atoms. The van der Waals surface area contributed by atoms with E-state index < -0.39 is 0 Å². The molecule has 1 unspecified atom stereocenters. The minimum Gasteiger partial charge on any atom is -0.206 e. The first-order valence-electron chi connectivity index (χ1n) is 5.65. The maximum Gasteiger partial charge on any atom is 0.129 e. The van der Waals surface area contributed by atoms with E-state index in [1.54, 1.807) is 13.8 Å². The van der Waals surface area contributed by atoms with E-state index in [9.17, 15) is 4.39 Å². The van der Waals surface area contributed by atoms with Gasteiger partial charge in [-0.15, -0.1) is 0 Å². The van der Waals surface area contributed by atoms with E-state index in [1.165, 1.54) is 0 Å². The van der Waals surface area contributed by atoms with Crippen LogP contribution < -0.4 is 0 Å². The molecule has 0 aliphatic rings. The Morgan fingerprint density at radius 3 is 2.00 bits per heavy atom. The van der Waals surface area contributed by atoms with E-state index in [1.807, 2.05) is 36.4 Å². The van der Waals surface area contributed by atoms with Gasteiger partial charge in [0.15, 0.2) is 0 Å². The van der Waals surface area contributed by atoms with E-state index in [4.69, 9.17) is 11.6 Å². The Hall–Kier alpha value is -0.860. The van der Waals surface area contributed by atoms with Gasteiger partial charge in [0.2, 0.25) is 0 Å². The van der Waals surface area contributed by atoms with Crippen LogP contribution in [0.3, 0.4) is 0 Å². The molecule has 94 valence electrons. The summed E-state index contributed by atoms with van der Waals surface area (Å²) in [7, 11) is 0. The van der Waals surface area contributed by atoms with Crippen molar-refractivity contribution in [2.24, 2.45) is 0 Å². The van der Waals surface area contributed by atoms with Crippen LogP contribution in [-0.4, -0.2) is 0 Å². The van der Waals surface area contributed by atoms with Crippen molar-refractivity contribution in [1.29, 1.82) is 0 Å². The maximum atomic E-state index is 13.6. The van der Waals surface area contributed by atoms with E-state index >= 15 is 0 Å². The average molecular weight is 328 g/mol. The highest BCUT2D eigenvalue weighted by atomic mass is 79.9. The van der Waals surface area contributed by atoms with Gasteiger partial charge < -0.3 is 0 Å². The van der Waals surface area contributed by atoms with Crippen molar-refractivity contribution in [3.8, 4) is 0 Å². The lowest BCUT2D eigenvalue weighted by Gasteiger charge is -2.13.